The van der Waals surface area contributed by atoms with Crippen LogP contribution in [0.1, 0.15) is 50.2 Å². The van der Waals surface area contributed by atoms with Crippen molar-refractivity contribution >= 4 is 0 Å². The van der Waals surface area contributed by atoms with Gasteiger partial charge in [0.2, 0.25) is 0 Å². The number of likely N-dealkylation sites (tertiary alicyclic amines) is 1. The van der Waals surface area contributed by atoms with Gasteiger partial charge in [0.05, 0.1) is 12.9 Å². The van der Waals surface area contributed by atoms with Crippen LogP contribution in [0.15, 0.2) is 18.7 Å². The zero-order valence-corrected chi connectivity index (χ0v) is 15.0. The van der Waals surface area contributed by atoms with E-state index in [0.717, 1.165) is 38.2 Å². The highest BCUT2D eigenvalue weighted by atomic mass is 16.5. The first-order chi connectivity index (χ1) is 12.3. The molecule has 7 nitrogen and oxygen atoms in total. The standard InChI is InChI=1S/C18H28N6O/c1-2-24-17(13-22-10-7-19-14-22)20-21-18(24)15-3-8-23(9-4-15)16-5-11-25-12-6-16/h7,10,14-16H,2-6,8-9,11-13H2,1H3. The first kappa shape index (κ1) is 16.7. The summed E-state index contributed by atoms with van der Waals surface area (Å²) in [5.74, 6) is 2.73. The van der Waals surface area contributed by atoms with Gasteiger partial charge >= 0.3 is 0 Å². The minimum atomic E-state index is 0.528. The van der Waals surface area contributed by atoms with Crippen LogP contribution in [0.25, 0.3) is 0 Å². The molecule has 2 aliphatic rings. The SMILES string of the molecule is CCn1c(Cn2ccnc2)nnc1C1CCN(C2CCOCC2)CC1. The van der Waals surface area contributed by atoms with E-state index in [1.807, 2.05) is 17.1 Å². The number of hydrogen-bond acceptors (Lipinski definition) is 5. The Labute approximate surface area is 149 Å². The number of nitrogens with zero attached hydrogens (tertiary/aromatic N) is 6. The molecule has 0 bridgehead atoms. The van der Waals surface area contributed by atoms with Crippen molar-refractivity contribution in [3.8, 4) is 0 Å². The van der Waals surface area contributed by atoms with E-state index < -0.39 is 0 Å². The van der Waals surface area contributed by atoms with Crippen molar-refractivity contribution in [2.45, 2.75) is 57.7 Å². The van der Waals surface area contributed by atoms with E-state index in [0.29, 0.717) is 5.92 Å². The summed E-state index contributed by atoms with van der Waals surface area (Å²) in [6, 6.07) is 0.718. The van der Waals surface area contributed by atoms with Crippen LogP contribution >= 0.6 is 0 Å². The second-order valence-corrected chi connectivity index (χ2v) is 7.11. The Balaban J connectivity index is 1.41. The second-order valence-electron chi connectivity index (χ2n) is 7.11. The molecule has 0 aliphatic carbocycles. The first-order valence-electron chi connectivity index (χ1n) is 9.54. The predicted molar refractivity (Wildman–Crippen MR) is 94.4 cm³/mol. The summed E-state index contributed by atoms with van der Waals surface area (Å²) in [7, 11) is 0. The van der Waals surface area contributed by atoms with Gasteiger partial charge in [0.15, 0.2) is 5.82 Å². The molecule has 2 fully saturated rings. The summed E-state index contributed by atoms with van der Waals surface area (Å²) in [6.07, 6.45) is 10.3. The molecule has 2 aromatic rings. The lowest BCUT2D eigenvalue weighted by atomic mass is 9.93. The monoisotopic (exact) mass is 344 g/mol. The average molecular weight is 344 g/mol. The van der Waals surface area contributed by atoms with Gasteiger partial charge in [0.25, 0.3) is 0 Å². The lowest BCUT2D eigenvalue weighted by Gasteiger charge is -2.39. The van der Waals surface area contributed by atoms with Gasteiger partial charge in [-0.3, -0.25) is 0 Å². The van der Waals surface area contributed by atoms with Crippen molar-refractivity contribution in [1.29, 1.82) is 0 Å². The van der Waals surface area contributed by atoms with Crippen molar-refractivity contribution in [3.63, 3.8) is 0 Å². The van der Waals surface area contributed by atoms with Crippen LogP contribution in [0, 0.1) is 0 Å². The van der Waals surface area contributed by atoms with E-state index in [2.05, 4.69) is 31.6 Å². The van der Waals surface area contributed by atoms with Crippen LogP contribution in [0.5, 0.6) is 0 Å². The smallest absolute Gasteiger partial charge is 0.153 e. The Morgan fingerprint density at radius 1 is 1.12 bits per heavy atom. The molecule has 4 heterocycles. The second kappa shape index (κ2) is 7.66. The van der Waals surface area contributed by atoms with Gasteiger partial charge in [-0.15, -0.1) is 10.2 Å². The van der Waals surface area contributed by atoms with Gasteiger partial charge in [0.1, 0.15) is 5.82 Å². The molecule has 0 N–H and O–H groups in total. The Hall–Kier alpha value is -1.73. The van der Waals surface area contributed by atoms with Crippen molar-refractivity contribution in [2.75, 3.05) is 26.3 Å². The maximum atomic E-state index is 5.50. The highest BCUT2D eigenvalue weighted by Gasteiger charge is 2.29. The molecule has 0 unspecified atom stereocenters. The quantitative estimate of drug-likeness (QED) is 0.829. The molecule has 0 spiro atoms. The van der Waals surface area contributed by atoms with Crippen LogP contribution < -0.4 is 0 Å². The largest absolute Gasteiger partial charge is 0.381 e. The molecule has 0 radical (unpaired) electrons. The summed E-state index contributed by atoms with van der Waals surface area (Å²) in [5, 5.41) is 9.05. The first-order valence-corrected chi connectivity index (χ1v) is 9.54. The Kier molecular flexibility index (Phi) is 5.12. The number of piperidine rings is 1. The maximum absolute atomic E-state index is 5.50. The molecule has 2 aromatic heterocycles. The predicted octanol–water partition coefficient (Wildman–Crippen LogP) is 1.90. The van der Waals surface area contributed by atoms with Gasteiger partial charge < -0.3 is 18.8 Å². The van der Waals surface area contributed by atoms with Gasteiger partial charge in [-0.25, -0.2) is 4.98 Å². The maximum Gasteiger partial charge on any atom is 0.153 e. The number of imidazole rings is 1. The van der Waals surface area contributed by atoms with E-state index in [1.54, 1.807) is 6.20 Å². The fraction of sp³-hybridized carbons (Fsp3) is 0.722. The Morgan fingerprint density at radius 3 is 2.60 bits per heavy atom. The number of hydrogen-bond donors (Lipinski definition) is 0. The molecule has 136 valence electrons. The Bertz CT molecular complexity index is 653. The average Bonchev–Trinajstić information content (AvgIpc) is 3.32. The summed E-state index contributed by atoms with van der Waals surface area (Å²) in [4.78, 5) is 6.78. The van der Waals surface area contributed by atoms with Crippen LogP contribution in [-0.2, 0) is 17.8 Å². The normalized spacial score (nSPS) is 21.0. The fourth-order valence-electron chi connectivity index (χ4n) is 4.23. The summed E-state index contributed by atoms with van der Waals surface area (Å²) >= 11 is 0. The summed E-state index contributed by atoms with van der Waals surface area (Å²) < 4.78 is 9.85. The molecule has 0 amide bonds. The third kappa shape index (κ3) is 3.62. The molecular weight excluding hydrogens is 316 g/mol. The van der Waals surface area contributed by atoms with Crippen LogP contribution in [0.2, 0.25) is 0 Å². The van der Waals surface area contributed by atoms with Gasteiger partial charge in [-0.1, -0.05) is 0 Å². The lowest BCUT2D eigenvalue weighted by Crippen LogP contribution is -2.44. The molecule has 2 aliphatic heterocycles. The summed E-state index contributed by atoms with van der Waals surface area (Å²) in [6.45, 7) is 8.03. The van der Waals surface area contributed by atoms with Crippen LogP contribution in [0.4, 0.5) is 0 Å². The molecule has 0 saturated carbocycles. The molecule has 0 atom stereocenters. The van der Waals surface area contributed by atoms with Crippen LogP contribution in [0.3, 0.4) is 0 Å². The molecule has 7 heteroatoms. The van der Waals surface area contributed by atoms with Gasteiger partial charge in [-0.2, -0.15) is 0 Å². The van der Waals surface area contributed by atoms with Crippen molar-refractivity contribution in [1.82, 2.24) is 29.2 Å². The van der Waals surface area contributed by atoms with E-state index in [1.165, 1.54) is 44.6 Å². The molecule has 0 aromatic carbocycles. The zero-order valence-electron chi connectivity index (χ0n) is 15.0. The molecular formula is C18H28N6O. The number of ether oxygens (including phenoxy) is 1. The lowest BCUT2D eigenvalue weighted by molar-refractivity contribution is 0.0247. The van der Waals surface area contributed by atoms with E-state index in [4.69, 9.17) is 4.74 Å². The minimum absolute atomic E-state index is 0.528. The highest BCUT2D eigenvalue weighted by molar-refractivity contribution is 5.05. The zero-order chi connectivity index (χ0) is 17.1. The van der Waals surface area contributed by atoms with E-state index in [9.17, 15) is 0 Å². The third-order valence-electron chi connectivity index (χ3n) is 5.66. The van der Waals surface area contributed by atoms with Gasteiger partial charge in [0, 0.05) is 44.1 Å². The fourth-order valence-corrected chi connectivity index (χ4v) is 4.23. The number of aromatic nitrogens is 5. The van der Waals surface area contributed by atoms with Crippen LogP contribution in [-0.4, -0.2) is 61.6 Å². The van der Waals surface area contributed by atoms with E-state index >= 15 is 0 Å². The van der Waals surface area contributed by atoms with Crippen molar-refractivity contribution < 1.29 is 4.74 Å². The summed E-state index contributed by atoms with van der Waals surface area (Å²) in [5.41, 5.74) is 0. The Morgan fingerprint density at radius 2 is 1.92 bits per heavy atom. The van der Waals surface area contributed by atoms with E-state index in [-0.39, 0.29) is 0 Å². The van der Waals surface area contributed by atoms with Crippen molar-refractivity contribution in [2.24, 2.45) is 0 Å². The molecule has 2 saturated heterocycles. The minimum Gasteiger partial charge on any atom is -0.381 e. The highest BCUT2D eigenvalue weighted by Crippen LogP contribution is 2.30. The topological polar surface area (TPSA) is 61.0 Å². The number of rotatable bonds is 5. The molecule has 25 heavy (non-hydrogen) atoms. The van der Waals surface area contributed by atoms with Gasteiger partial charge in [-0.05, 0) is 45.7 Å². The molecule has 4 rings (SSSR count). The third-order valence-corrected chi connectivity index (χ3v) is 5.66. The van der Waals surface area contributed by atoms with Crippen molar-refractivity contribution in [3.05, 3.63) is 30.4 Å².